The molecule has 0 aromatic carbocycles. The van der Waals surface area contributed by atoms with Crippen molar-refractivity contribution >= 4 is 11.5 Å². The lowest BCUT2D eigenvalue weighted by Gasteiger charge is -2.38. The molecule has 2 rings (SSSR count). The predicted molar refractivity (Wildman–Crippen MR) is 75.7 cm³/mol. The summed E-state index contributed by atoms with van der Waals surface area (Å²) in [5, 5.41) is 28.5. The molecule has 1 fully saturated rings. The molecule has 1 aliphatic rings. The maximum atomic E-state index is 11.1. The largest absolute Gasteiger partial charge is 0.392 e. The first-order valence-corrected chi connectivity index (χ1v) is 6.95. The van der Waals surface area contributed by atoms with Crippen molar-refractivity contribution in [1.82, 2.24) is 9.78 Å². The number of nitrogens with one attached hydrogen (secondary N) is 1. The third kappa shape index (κ3) is 2.63. The van der Waals surface area contributed by atoms with Crippen LogP contribution in [-0.4, -0.2) is 32.5 Å². The van der Waals surface area contributed by atoms with Gasteiger partial charge in [-0.3, -0.25) is 10.1 Å². The second kappa shape index (κ2) is 5.40. The zero-order valence-electron chi connectivity index (χ0n) is 12.2. The van der Waals surface area contributed by atoms with Gasteiger partial charge in [0.05, 0.1) is 11.0 Å². The smallest absolute Gasteiger partial charge is 0.333 e. The Labute approximate surface area is 118 Å². The van der Waals surface area contributed by atoms with Crippen molar-refractivity contribution in [2.45, 2.75) is 45.6 Å². The first kappa shape index (κ1) is 14.8. The maximum absolute atomic E-state index is 11.1. The van der Waals surface area contributed by atoms with Gasteiger partial charge in [0.2, 0.25) is 5.82 Å². The van der Waals surface area contributed by atoms with Crippen LogP contribution >= 0.6 is 0 Å². The molecule has 1 aromatic rings. The molecule has 0 bridgehead atoms. The molecule has 0 amide bonds. The lowest BCUT2D eigenvalue weighted by molar-refractivity contribution is -0.384. The summed E-state index contributed by atoms with van der Waals surface area (Å²) in [5.74, 6) is 0.409. The molecule has 0 spiro atoms. The molecule has 7 heteroatoms. The summed E-state index contributed by atoms with van der Waals surface area (Å²) < 4.78 is 1.49. The number of nitro groups is 1. The topological polar surface area (TPSA) is 93.2 Å². The summed E-state index contributed by atoms with van der Waals surface area (Å²) in [5.41, 5.74) is 0.167. The summed E-state index contributed by atoms with van der Waals surface area (Å²) in [6, 6.07) is 0. The number of aliphatic hydroxyl groups is 1. The summed E-state index contributed by atoms with van der Waals surface area (Å²) in [6.45, 7) is 4.16. The number of hydrogen-bond acceptors (Lipinski definition) is 5. The van der Waals surface area contributed by atoms with Gasteiger partial charge in [-0.05, 0) is 19.8 Å². The highest BCUT2D eigenvalue weighted by Crippen LogP contribution is 2.37. The van der Waals surface area contributed by atoms with Crippen LogP contribution in [0, 0.1) is 22.5 Å². The Bertz CT molecular complexity index is 514. The van der Waals surface area contributed by atoms with Gasteiger partial charge in [-0.1, -0.05) is 19.8 Å². The van der Waals surface area contributed by atoms with E-state index in [-0.39, 0.29) is 17.2 Å². The molecule has 1 aromatic heterocycles. The van der Waals surface area contributed by atoms with Crippen LogP contribution in [-0.2, 0) is 7.05 Å². The normalized spacial score (nSPS) is 26.5. The van der Waals surface area contributed by atoms with E-state index in [4.69, 9.17) is 0 Å². The molecule has 2 unspecified atom stereocenters. The van der Waals surface area contributed by atoms with Gasteiger partial charge in [0.15, 0.2) is 0 Å². The Morgan fingerprint density at radius 2 is 2.30 bits per heavy atom. The van der Waals surface area contributed by atoms with E-state index >= 15 is 0 Å². The van der Waals surface area contributed by atoms with E-state index in [1.54, 1.807) is 14.0 Å². The molecule has 1 heterocycles. The lowest BCUT2D eigenvalue weighted by Crippen LogP contribution is -2.41. The first-order chi connectivity index (χ1) is 9.35. The van der Waals surface area contributed by atoms with Crippen molar-refractivity contribution in [3.8, 4) is 0 Å². The number of aromatic nitrogens is 2. The zero-order chi connectivity index (χ0) is 14.9. The fourth-order valence-corrected chi connectivity index (χ4v) is 2.94. The molecule has 20 heavy (non-hydrogen) atoms. The van der Waals surface area contributed by atoms with Crippen molar-refractivity contribution in [3.05, 3.63) is 15.8 Å². The quantitative estimate of drug-likeness (QED) is 0.650. The fourth-order valence-electron chi connectivity index (χ4n) is 2.94. The monoisotopic (exact) mass is 282 g/mol. The van der Waals surface area contributed by atoms with E-state index in [1.807, 2.05) is 6.92 Å². The number of anilines is 1. The Morgan fingerprint density at radius 3 is 2.90 bits per heavy atom. The molecule has 2 atom stereocenters. The van der Waals surface area contributed by atoms with Crippen molar-refractivity contribution < 1.29 is 10.0 Å². The highest BCUT2D eigenvalue weighted by Gasteiger charge is 2.36. The summed E-state index contributed by atoms with van der Waals surface area (Å²) in [7, 11) is 1.68. The summed E-state index contributed by atoms with van der Waals surface area (Å²) >= 11 is 0. The molecule has 0 saturated heterocycles. The molecule has 112 valence electrons. The van der Waals surface area contributed by atoms with Gasteiger partial charge >= 0.3 is 5.69 Å². The van der Waals surface area contributed by atoms with E-state index in [2.05, 4.69) is 10.4 Å². The van der Waals surface area contributed by atoms with Gasteiger partial charge in [-0.15, -0.1) is 0 Å². The van der Waals surface area contributed by atoms with E-state index < -0.39 is 4.92 Å². The molecule has 0 radical (unpaired) electrons. The molecule has 0 aliphatic heterocycles. The Hall–Kier alpha value is -1.63. The van der Waals surface area contributed by atoms with Gasteiger partial charge in [0.25, 0.3) is 0 Å². The maximum Gasteiger partial charge on any atom is 0.333 e. The van der Waals surface area contributed by atoms with Crippen LogP contribution < -0.4 is 5.32 Å². The third-order valence-electron chi connectivity index (χ3n) is 4.31. The first-order valence-electron chi connectivity index (χ1n) is 6.95. The average molecular weight is 282 g/mol. The minimum atomic E-state index is -0.412. The van der Waals surface area contributed by atoms with E-state index in [0.717, 1.165) is 25.7 Å². The molecular formula is C13H22N4O3. The number of rotatable bonds is 4. The van der Waals surface area contributed by atoms with Crippen LogP contribution in [0.1, 0.15) is 38.3 Å². The predicted octanol–water partition coefficient (Wildman–Crippen LogP) is 1.99. The van der Waals surface area contributed by atoms with Crippen LogP contribution in [0.3, 0.4) is 0 Å². The molecular weight excluding hydrogens is 260 g/mol. The number of nitrogens with zero attached hydrogens (tertiary/aromatic N) is 3. The van der Waals surface area contributed by atoms with Gasteiger partial charge in [0.1, 0.15) is 5.69 Å². The second-order valence-electron chi connectivity index (χ2n) is 5.93. The SMILES string of the molecule is Cc1nn(C)c(NCC2(C)CCCCC2O)c1[N+](=O)[O-]. The highest BCUT2D eigenvalue weighted by molar-refractivity contribution is 5.59. The molecule has 2 N–H and O–H groups in total. The fraction of sp³-hybridized carbons (Fsp3) is 0.769. The standard InChI is InChI=1S/C13H22N4O3/c1-9-11(17(19)20)12(16(3)15-9)14-8-13(2)7-5-4-6-10(13)18/h10,14,18H,4-8H2,1-3H3. The number of aryl methyl sites for hydroxylation is 2. The lowest BCUT2D eigenvalue weighted by atomic mass is 9.73. The van der Waals surface area contributed by atoms with E-state index in [9.17, 15) is 15.2 Å². The van der Waals surface area contributed by atoms with Crippen molar-refractivity contribution in [2.75, 3.05) is 11.9 Å². The van der Waals surface area contributed by atoms with Crippen LogP contribution in [0.4, 0.5) is 11.5 Å². The van der Waals surface area contributed by atoms with Crippen LogP contribution in [0.5, 0.6) is 0 Å². The van der Waals surface area contributed by atoms with Crippen LogP contribution in [0.25, 0.3) is 0 Å². The van der Waals surface area contributed by atoms with Gasteiger partial charge < -0.3 is 10.4 Å². The van der Waals surface area contributed by atoms with Crippen molar-refractivity contribution in [3.63, 3.8) is 0 Å². The highest BCUT2D eigenvalue weighted by atomic mass is 16.6. The van der Waals surface area contributed by atoms with E-state index in [0.29, 0.717) is 18.1 Å². The minimum absolute atomic E-state index is 0.0152. The zero-order valence-corrected chi connectivity index (χ0v) is 12.2. The minimum Gasteiger partial charge on any atom is -0.392 e. The average Bonchev–Trinajstić information content (AvgIpc) is 2.65. The van der Waals surface area contributed by atoms with Gasteiger partial charge in [0, 0.05) is 19.0 Å². The van der Waals surface area contributed by atoms with E-state index in [1.165, 1.54) is 4.68 Å². The van der Waals surface area contributed by atoms with Crippen molar-refractivity contribution in [2.24, 2.45) is 12.5 Å². The molecule has 1 saturated carbocycles. The Kier molecular flexibility index (Phi) is 3.99. The molecule has 7 nitrogen and oxygen atoms in total. The van der Waals surface area contributed by atoms with Crippen LogP contribution in [0.2, 0.25) is 0 Å². The van der Waals surface area contributed by atoms with Crippen LogP contribution in [0.15, 0.2) is 0 Å². The van der Waals surface area contributed by atoms with Crippen molar-refractivity contribution in [1.29, 1.82) is 0 Å². The summed E-state index contributed by atoms with van der Waals surface area (Å²) in [6.07, 6.45) is 3.48. The molecule has 1 aliphatic carbocycles. The summed E-state index contributed by atoms with van der Waals surface area (Å²) in [4.78, 5) is 10.7. The second-order valence-corrected chi connectivity index (χ2v) is 5.93. The Balaban J connectivity index is 2.17. The number of hydrogen-bond donors (Lipinski definition) is 2. The number of aliphatic hydroxyl groups excluding tert-OH is 1. The Morgan fingerprint density at radius 1 is 1.60 bits per heavy atom. The van der Waals surface area contributed by atoms with Gasteiger partial charge in [-0.2, -0.15) is 5.10 Å². The third-order valence-corrected chi connectivity index (χ3v) is 4.31. The van der Waals surface area contributed by atoms with Gasteiger partial charge in [-0.25, -0.2) is 4.68 Å².